The van der Waals surface area contributed by atoms with E-state index in [0.29, 0.717) is 0 Å². The molecule has 4 nitrogen and oxygen atoms in total. The fourth-order valence-corrected chi connectivity index (χ4v) is 2.13. The third kappa shape index (κ3) is 3.60. The monoisotopic (exact) mass is 236 g/mol. The van der Waals surface area contributed by atoms with E-state index in [-0.39, 0.29) is 12.2 Å². The summed E-state index contributed by atoms with van der Waals surface area (Å²) in [6.45, 7) is 3.91. The van der Waals surface area contributed by atoms with E-state index in [1.807, 2.05) is 13.0 Å². The average Bonchev–Trinajstić information content (AvgIpc) is 2.33. The minimum atomic E-state index is -0.321. The van der Waals surface area contributed by atoms with Gasteiger partial charge in [0.25, 0.3) is 0 Å². The van der Waals surface area contributed by atoms with E-state index >= 15 is 0 Å². The number of hydrogen-bond acceptors (Lipinski definition) is 3. The first-order chi connectivity index (χ1) is 8.25. The van der Waals surface area contributed by atoms with Crippen LogP contribution in [0.25, 0.3) is 0 Å². The number of nitrogens with one attached hydrogen (secondary N) is 2. The maximum absolute atomic E-state index is 11.7. The summed E-state index contributed by atoms with van der Waals surface area (Å²) in [5, 5.41) is 6.07. The van der Waals surface area contributed by atoms with Gasteiger partial charge in [-0.25, -0.2) is 4.79 Å². The Balaban J connectivity index is 1.82. The average molecular weight is 236 g/mol. The Bertz CT molecular complexity index is 341. The zero-order valence-electron chi connectivity index (χ0n) is 10.3. The SMILES string of the molecule is CC1=C(NC(=O)OC2CCNCC2)C=CCC1. The zero-order chi connectivity index (χ0) is 12.1. The minimum Gasteiger partial charge on any atom is -0.446 e. The normalized spacial score (nSPS) is 21.5. The highest BCUT2D eigenvalue weighted by Gasteiger charge is 2.18. The molecule has 0 radical (unpaired) electrons. The molecule has 0 aromatic rings. The van der Waals surface area contributed by atoms with E-state index < -0.39 is 0 Å². The Labute approximate surface area is 102 Å². The summed E-state index contributed by atoms with van der Waals surface area (Å²) in [5.41, 5.74) is 2.12. The van der Waals surface area contributed by atoms with Gasteiger partial charge < -0.3 is 10.1 Å². The van der Waals surface area contributed by atoms with Gasteiger partial charge in [0.05, 0.1) is 0 Å². The highest BCUT2D eigenvalue weighted by molar-refractivity contribution is 5.70. The summed E-state index contributed by atoms with van der Waals surface area (Å²) in [6.07, 6.45) is 7.65. The second-order valence-corrected chi connectivity index (χ2v) is 4.61. The first kappa shape index (κ1) is 12.2. The van der Waals surface area contributed by atoms with Crippen molar-refractivity contribution in [3.63, 3.8) is 0 Å². The molecule has 0 aromatic heterocycles. The number of ether oxygens (including phenoxy) is 1. The van der Waals surface area contributed by atoms with Gasteiger partial charge in [0.15, 0.2) is 0 Å². The van der Waals surface area contributed by atoms with Crippen LogP contribution in [0.15, 0.2) is 23.4 Å². The van der Waals surface area contributed by atoms with Crippen LogP contribution in [0.2, 0.25) is 0 Å². The van der Waals surface area contributed by atoms with Crippen LogP contribution in [0.3, 0.4) is 0 Å². The summed E-state index contributed by atoms with van der Waals surface area (Å²) in [6, 6.07) is 0. The van der Waals surface area contributed by atoms with Crippen LogP contribution >= 0.6 is 0 Å². The van der Waals surface area contributed by atoms with Gasteiger partial charge in [0.1, 0.15) is 6.10 Å². The first-order valence-electron chi connectivity index (χ1n) is 6.30. The number of amides is 1. The maximum atomic E-state index is 11.7. The maximum Gasteiger partial charge on any atom is 0.411 e. The Morgan fingerprint density at radius 2 is 2.24 bits per heavy atom. The van der Waals surface area contributed by atoms with E-state index in [2.05, 4.69) is 16.7 Å². The summed E-state index contributed by atoms with van der Waals surface area (Å²) < 4.78 is 5.38. The Morgan fingerprint density at radius 3 is 2.94 bits per heavy atom. The summed E-state index contributed by atoms with van der Waals surface area (Å²) >= 11 is 0. The molecule has 2 N–H and O–H groups in total. The van der Waals surface area contributed by atoms with Crippen LogP contribution < -0.4 is 10.6 Å². The van der Waals surface area contributed by atoms with Crippen molar-refractivity contribution in [3.05, 3.63) is 23.4 Å². The number of allylic oxidation sites excluding steroid dienone is 3. The van der Waals surface area contributed by atoms with Gasteiger partial charge in [-0.1, -0.05) is 6.08 Å². The standard InChI is InChI=1S/C13H20N2O2/c1-10-4-2-3-5-12(10)15-13(16)17-11-6-8-14-9-7-11/h3,5,11,14H,2,4,6-9H2,1H3,(H,15,16). The molecule has 4 heteroatoms. The highest BCUT2D eigenvalue weighted by atomic mass is 16.6. The summed E-state index contributed by atoms with van der Waals surface area (Å²) in [7, 11) is 0. The lowest BCUT2D eigenvalue weighted by molar-refractivity contribution is 0.0816. The second kappa shape index (κ2) is 5.87. The molecule has 1 aliphatic heterocycles. The third-order valence-electron chi connectivity index (χ3n) is 3.23. The Morgan fingerprint density at radius 1 is 1.47 bits per heavy atom. The van der Waals surface area contributed by atoms with Gasteiger partial charge in [0, 0.05) is 5.70 Å². The fourth-order valence-electron chi connectivity index (χ4n) is 2.13. The van der Waals surface area contributed by atoms with Crippen molar-refractivity contribution in [2.24, 2.45) is 0 Å². The number of carbonyl (C=O) groups is 1. The van der Waals surface area contributed by atoms with Gasteiger partial charge in [-0.05, 0) is 57.3 Å². The largest absolute Gasteiger partial charge is 0.446 e. The molecule has 94 valence electrons. The number of alkyl carbamates (subject to hydrolysis) is 1. The number of rotatable bonds is 2. The van der Waals surface area contributed by atoms with Gasteiger partial charge in [-0.2, -0.15) is 0 Å². The molecule has 1 aliphatic carbocycles. The molecule has 1 saturated heterocycles. The first-order valence-corrected chi connectivity index (χ1v) is 6.30. The molecule has 2 aliphatic rings. The molecule has 1 fully saturated rings. The smallest absolute Gasteiger partial charge is 0.411 e. The summed E-state index contributed by atoms with van der Waals surface area (Å²) in [5.74, 6) is 0. The predicted molar refractivity (Wildman–Crippen MR) is 66.6 cm³/mol. The van der Waals surface area contributed by atoms with Crippen molar-refractivity contribution in [2.45, 2.75) is 38.7 Å². The molecular formula is C13H20N2O2. The molecule has 2 rings (SSSR count). The lowest BCUT2D eigenvalue weighted by Gasteiger charge is -2.23. The molecule has 1 amide bonds. The zero-order valence-corrected chi connectivity index (χ0v) is 10.3. The number of piperidine rings is 1. The van der Waals surface area contributed by atoms with Crippen LogP contribution in [0.1, 0.15) is 32.6 Å². The molecule has 17 heavy (non-hydrogen) atoms. The van der Waals surface area contributed by atoms with Crippen molar-refractivity contribution in [2.75, 3.05) is 13.1 Å². The molecule has 0 aromatic carbocycles. The van der Waals surface area contributed by atoms with Crippen LogP contribution in [-0.2, 0) is 4.74 Å². The Kier molecular flexibility index (Phi) is 4.20. The van der Waals surface area contributed by atoms with Crippen molar-refractivity contribution in [3.8, 4) is 0 Å². The van der Waals surface area contributed by atoms with Crippen LogP contribution in [0.5, 0.6) is 0 Å². The Hall–Kier alpha value is -1.29. The molecule has 0 saturated carbocycles. The van der Waals surface area contributed by atoms with Gasteiger partial charge >= 0.3 is 6.09 Å². The molecule has 0 unspecified atom stereocenters. The topological polar surface area (TPSA) is 50.4 Å². The summed E-state index contributed by atoms with van der Waals surface area (Å²) in [4.78, 5) is 11.7. The van der Waals surface area contributed by atoms with Crippen molar-refractivity contribution in [1.82, 2.24) is 10.6 Å². The van der Waals surface area contributed by atoms with Gasteiger partial charge in [0.2, 0.25) is 0 Å². The van der Waals surface area contributed by atoms with E-state index in [9.17, 15) is 4.79 Å². The van der Waals surface area contributed by atoms with Crippen molar-refractivity contribution >= 4 is 6.09 Å². The van der Waals surface area contributed by atoms with Gasteiger partial charge in [-0.3, -0.25) is 5.32 Å². The molecule has 0 bridgehead atoms. The van der Waals surface area contributed by atoms with Crippen molar-refractivity contribution in [1.29, 1.82) is 0 Å². The van der Waals surface area contributed by atoms with Crippen LogP contribution in [0, 0.1) is 0 Å². The molecule has 1 heterocycles. The molecular weight excluding hydrogens is 216 g/mol. The van der Waals surface area contributed by atoms with E-state index in [0.717, 1.165) is 44.5 Å². The minimum absolute atomic E-state index is 0.0599. The van der Waals surface area contributed by atoms with E-state index in [4.69, 9.17) is 4.74 Å². The number of carbonyl (C=O) groups excluding carboxylic acids is 1. The van der Waals surface area contributed by atoms with Crippen molar-refractivity contribution < 1.29 is 9.53 Å². The lowest BCUT2D eigenvalue weighted by Crippen LogP contribution is -2.36. The number of hydrogen-bond donors (Lipinski definition) is 2. The van der Waals surface area contributed by atoms with E-state index in [1.54, 1.807) is 0 Å². The quantitative estimate of drug-likeness (QED) is 0.772. The third-order valence-corrected chi connectivity index (χ3v) is 3.23. The molecule has 0 atom stereocenters. The lowest BCUT2D eigenvalue weighted by atomic mass is 10.0. The second-order valence-electron chi connectivity index (χ2n) is 4.61. The van der Waals surface area contributed by atoms with E-state index in [1.165, 1.54) is 5.57 Å². The van der Waals surface area contributed by atoms with Gasteiger partial charge in [-0.15, -0.1) is 0 Å². The molecule has 0 spiro atoms. The van der Waals surface area contributed by atoms with Crippen LogP contribution in [0.4, 0.5) is 4.79 Å². The predicted octanol–water partition coefficient (Wildman–Crippen LogP) is 2.09. The fraction of sp³-hybridized carbons (Fsp3) is 0.615. The highest BCUT2D eigenvalue weighted by Crippen LogP contribution is 2.16. The van der Waals surface area contributed by atoms with Crippen LogP contribution in [-0.4, -0.2) is 25.3 Å².